The van der Waals surface area contributed by atoms with Gasteiger partial charge in [-0.3, -0.25) is 9.59 Å². The fourth-order valence-corrected chi connectivity index (χ4v) is 1.90. The molecule has 2 N–H and O–H groups in total. The van der Waals surface area contributed by atoms with Gasteiger partial charge in [0.25, 0.3) is 0 Å². The molecule has 2 atom stereocenters. The summed E-state index contributed by atoms with van der Waals surface area (Å²) in [7, 11) is 0. The molecule has 1 rings (SSSR count). The highest BCUT2D eigenvalue weighted by atomic mass is 16.6. The summed E-state index contributed by atoms with van der Waals surface area (Å²) in [5.74, 6) is -0.0608. The summed E-state index contributed by atoms with van der Waals surface area (Å²) in [5, 5.41) is 19.1. The van der Waals surface area contributed by atoms with Crippen molar-refractivity contribution in [3.05, 3.63) is 24.3 Å². The Morgan fingerprint density at radius 2 is 1.52 bits per heavy atom. The average molecular weight is 384 g/mol. The number of aliphatic hydroxyl groups excluding tert-OH is 2. The van der Waals surface area contributed by atoms with Gasteiger partial charge in [0.1, 0.15) is 37.4 Å². The lowest BCUT2D eigenvalue weighted by Crippen LogP contribution is -2.25. The molecule has 0 radical (unpaired) electrons. The molecule has 8 nitrogen and oxygen atoms in total. The second-order valence-corrected chi connectivity index (χ2v) is 6.32. The summed E-state index contributed by atoms with van der Waals surface area (Å²) >= 11 is 0. The van der Waals surface area contributed by atoms with Gasteiger partial charge in [-0.25, -0.2) is 0 Å². The van der Waals surface area contributed by atoms with Crippen LogP contribution < -0.4 is 9.47 Å². The number of carbonyl (C=O) groups excluding carboxylic acids is 2. The van der Waals surface area contributed by atoms with E-state index in [4.69, 9.17) is 18.9 Å². The molecule has 0 spiro atoms. The number of aliphatic hydroxyl groups is 2. The van der Waals surface area contributed by atoms with Gasteiger partial charge in [0, 0.05) is 6.07 Å². The van der Waals surface area contributed by atoms with E-state index in [9.17, 15) is 19.8 Å². The van der Waals surface area contributed by atoms with Crippen molar-refractivity contribution in [3.8, 4) is 11.5 Å². The van der Waals surface area contributed by atoms with Crippen LogP contribution in [0.5, 0.6) is 11.5 Å². The van der Waals surface area contributed by atoms with Gasteiger partial charge in [-0.15, -0.1) is 0 Å². The Hall–Kier alpha value is -2.32. The van der Waals surface area contributed by atoms with Gasteiger partial charge in [0.05, 0.1) is 25.0 Å². The molecule has 1 aromatic carbocycles. The number of hydrogen-bond donors (Lipinski definition) is 2. The first-order chi connectivity index (χ1) is 12.8. The lowest BCUT2D eigenvalue weighted by atomic mass is 10.3. The van der Waals surface area contributed by atoms with Crippen LogP contribution in [0.25, 0.3) is 0 Å². The maximum atomic E-state index is 11.6. The van der Waals surface area contributed by atoms with Crippen molar-refractivity contribution >= 4 is 11.9 Å². The Labute approximate surface area is 159 Å². The largest absolute Gasteiger partial charge is 0.491 e. The van der Waals surface area contributed by atoms with Crippen LogP contribution in [-0.2, 0) is 19.1 Å². The molecule has 152 valence electrons. The van der Waals surface area contributed by atoms with E-state index in [0.29, 0.717) is 11.5 Å². The SMILES string of the molecule is CC(O)COc1cccc(OCC(O)COC(=O)CCC(=O)OC(C)C)c1. The van der Waals surface area contributed by atoms with E-state index < -0.39 is 24.1 Å². The molecule has 0 amide bonds. The Morgan fingerprint density at radius 1 is 0.926 bits per heavy atom. The lowest BCUT2D eigenvalue weighted by Gasteiger charge is -2.14. The van der Waals surface area contributed by atoms with Crippen molar-refractivity contribution in [2.24, 2.45) is 0 Å². The van der Waals surface area contributed by atoms with Crippen molar-refractivity contribution < 1.29 is 38.7 Å². The molecular formula is C19H28O8. The molecule has 0 saturated heterocycles. The summed E-state index contributed by atoms with van der Waals surface area (Å²) < 4.78 is 20.6. The first kappa shape index (κ1) is 22.7. The second-order valence-electron chi connectivity index (χ2n) is 6.32. The number of ether oxygens (including phenoxy) is 4. The first-order valence-electron chi connectivity index (χ1n) is 8.83. The maximum absolute atomic E-state index is 11.6. The van der Waals surface area contributed by atoms with Gasteiger partial charge in [0.2, 0.25) is 0 Å². The van der Waals surface area contributed by atoms with Gasteiger partial charge in [-0.05, 0) is 32.9 Å². The smallest absolute Gasteiger partial charge is 0.306 e. The van der Waals surface area contributed by atoms with E-state index in [-0.39, 0.29) is 38.8 Å². The van der Waals surface area contributed by atoms with Crippen LogP contribution in [-0.4, -0.2) is 60.3 Å². The highest BCUT2D eigenvalue weighted by Gasteiger charge is 2.13. The summed E-state index contributed by atoms with van der Waals surface area (Å²) in [5.41, 5.74) is 0. The molecule has 0 bridgehead atoms. The van der Waals surface area contributed by atoms with Crippen LogP contribution in [0.1, 0.15) is 33.6 Å². The fourth-order valence-electron chi connectivity index (χ4n) is 1.90. The number of hydrogen-bond acceptors (Lipinski definition) is 8. The van der Waals surface area contributed by atoms with E-state index in [1.807, 2.05) is 0 Å². The fraction of sp³-hybridized carbons (Fsp3) is 0.579. The van der Waals surface area contributed by atoms with Gasteiger partial charge >= 0.3 is 11.9 Å². The summed E-state index contributed by atoms with van der Waals surface area (Å²) in [6.07, 6.45) is -2.01. The van der Waals surface area contributed by atoms with E-state index in [1.54, 1.807) is 45.0 Å². The van der Waals surface area contributed by atoms with Gasteiger partial charge in [0.15, 0.2) is 0 Å². The van der Waals surface area contributed by atoms with Crippen LogP contribution in [0, 0.1) is 0 Å². The quantitative estimate of drug-likeness (QED) is 0.521. The monoisotopic (exact) mass is 384 g/mol. The standard InChI is InChI=1S/C19H28O8/c1-13(2)27-19(23)8-7-18(22)26-12-15(21)11-25-17-6-4-5-16(9-17)24-10-14(3)20/h4-6,9,13-15,20-21H,7-8,10-12H2,1-3H3. The number of rotatable bonds is 12. The van der Waals surface area contributed by atoms with E-state index >= 15 is 0 Å². The zero-order valence-corrected chi connectivity index (χ0v) is 15.9. The Kier molecular flexibility index (Phi) is 10.2. The highest BCUT2D eigenvalue weighted by molar-refractivity contribution is 5.77. The number of benzene rings is 1. The lowest BCUT2D eigenvalue weighted by molar-refractivity contribution is -0.154. The molecule has 8 heteroatoms. The van der Waals surface area contributed by atoms with E-state index in [0.717, 1.165) is 0 Å². The molecule has 0 aliphatic heterocycles. The Bertz CT molecular complexity index is 585. The van der Waals surface area contributed by atoms with Crippen molar-refractivity contribution in [1.82, 2.24) is 0 Å². The van der Waals surface area contributed by atoms with Crippen LogP contribution in [0.4, 0.5) is 0 Å². The maximum Gasteiger partial charge on any atom is 0.306 e. The number of carbonyl (C=O) groups is 2. The molecule has 0 fully saturated rings. The molecule has 0 heterocycles. The second kappa shape index (κ2) is 12.1. The van der Waals surface area contributed by atoms with E-state index in [1.165, 1.54) is 0 Å². The molecule has 0 aliphatic carbocycles. The minimum atomic E-state index is -1.02. The Morgan fingerprint density at radius 3 is 2.11 bits per heavy atom. The van der Waals surface area contributed by atoms with Crippen molar-refractivity contribution in [1.29, 1.82) is 0 Å². The third-order valence-corrected chi connectivity index (χ3v) is 3.08. The summed E-state index contributed by atoms with van der Waals surface area (Å²) in [6.45, 7) is 4.90. The molecule has 1 aromatic rings. The normalized spacial score (nSPS) is 13.0. The predicted octanol–water partition coefficient (Wildman–Crippen LogP) is 1.46. The first-order valence-corrected chi connectivity index (χ1v) is 8.83. The molecular weight excluding hydrogens is 356 g/mol. The van der Waals surface area contributed by atoms with Crippen LogP contribution in [0.2, 0.25) is 0 Å². The van der Waals surface area contributed by atoms with Gasteiger partial charge in [-0.1, -0.05) is 6.07 Å². The zero-order chi connectivity index (χ0) is 20.2. The van der Waals surface area contributed by atoms with Crippen LogP contribution >= 0.6 is 0 Å². The number of esters is 2. The Balaban J connectivity index is 2.26. The topological polar surface area (TPSA) is 112 Å². The van der Waals surface area contributed by atoms with Crippen molar-refractivity contribution in [2.45, 2.75) is 51.9 Å². The van der Waals surface area contributed by atoms with Crippen LogP contribution in [0.15, 0.2) is 24.3 Å². The highest BCUT2D eigenvalue weighted by Crippen LogP contribution is 2.19. The summed E-state index contributed by atoms with van der Waals surface area (Å²) in [4.78, 5) is 22.9. The molecule has 0 aliphatic rings. The van der Waals surface area contributed by atoms with Gasteiger partial charge in [-0.2, -0.15) is 0 Å². The molecule has 0 saturated carbocycles. The van der Waals surface area contributed by atoms with E-state index in [2.05, 4.69) is 0 Å². The van der Waals surface area contributed by atoms with Gasteiger partial charge < -0.3 is 29.2 Å². The summed E-state index contributed by atoms with van der Waals surface area (Å²) in [6, 6.07) is 6.75. The molecule has 27 heavy (non-hydrogen) atoms. The molecule has 2 unspecified atom stereocenters. The third kappa shape index (κ3) is 11.1. The third-order valence-electron chi connectivity index (χ3n) is 3.08. The minimum absolute atomic E-state index is 0.0666. The van der Waals surface area contributed by atoms with Crippen molar-refractivity contribution in [2.75, 3.05) is 19.8 Å². The van der Waals surface area contributed by atoms with Crippen molar-refractivity contribution in [3.63, 3.8) is 0 Å². The average Bonchev–Trinajstić information content (AvgIpc) is 2.61. The zero-order valence-electron chi connectivity index (χ0n) is 15.9. The molecule has 0 aromatic heterocycles. The predicted molar refractivity (Wildman–Crippen MR) is 96.5 cm³/mol. The van der Waals surface area contributed by atoms with Crippen LogP contribution in [0.3, 0.4) is 0 Å². The minimum Gasteiger partial charge on any atom is -0.491 e.